The van der Waals surface area contributed by atoms with Crippen molar-refractivity contribution in [3.8, 4) is 0 Å². The zero-order chi connectivity index (χ0) is 29.4. The van der Waals surface area contributed by atoms with Gasteiger partial charge in [-0.3, -0.25) is 14.3 Å². The number of sulfone groups is 1. The van der Waals surface area contributed by atoms with Crippen LogP contribution in [0.4, 0.5) is 24.7 Å². The van der Waals surface area contributed by atoms with Crippen LogP contribution in [-0.4, -0.2) is 73.6 Å². The fourth-order valence-electron chi connectivity index (χ4n) is 4.54. The Morgan fingerprint density at radius 2 is 1.75 bits per heavy atom. The number of allylic oxidation sites excluding steroid dienone is 1. The molecule has 40 heavy (non-hydrogen) atoms. The molecule has 16 heteroatoms. The van der Waals surface area contributed by atoms with Crippen molar-refractivity contribution in [3.63, 3.8) is 0 Å². The Balaban J connectivity index is 1.94. The topological polar surface area (TPSA) is 126 Å². The summed E-state index contributed by atoms with van der Waals surface area (Å²) in [5.41, 5.74) is -1.62. The number of rotatable bonds is 7. The first-order chi connectivity index (χ1) is 18.7. The van der Waals surface area contributed by atoms with Crippen LogP contribution in [-0.2, 0) is 32.4 Å². The van der Waals surface area contributed by atoms with E-state index in [0.29, 0.717) is 35.8 Å². The Bertz CT molecular complexity index is 1530. The minimum Gasteiger partial charge on any atom is -0.327 e. The Morgan fingerprint density at radius 3 is 2.33 bits per heavy atom. The van der Waals surface area contributed by atoms with E-state index in [9.17, 15) is 36.0 Å². The summed E-state index contributed by atoms with van der Waals surface area (Å²) < 4.78 is 67.5. The summed E-state index contributed by atoms with van der Waals surface area (Å²) in [6.07, 6.45) is -4.87. The fraction of sp³-hybridized carbons (Fsp3) is 0.458. The molecule has 3 heterocycles. The van der Waals surface area contributed by atoms with Crippen LogP contribution in [0.5, 0.6) is 0 Å². The van der Waals surface area contributed by atoms with E-state index >= 15 is 0 Å². The highest BCUT2D eigenvalue weighted by atomic mass is 32.2. The third kappa shape index (κ3) is 5.64. The molecule has 0 spiro atoms. The van der Waals surface area contributed by atoms with Gasteiger partial charge in [-0.1, -0.05) is 29.8 Å². The molecule has 1 aromatic heterocycles. The number of aromatic nitrogens is 2. The van der Waals surface area contributed by atoms with Gasteiger partial charge >= 0.3 is 17.8 Å². The second-order valence-corrected chi connectivity index (χ2v) is 11.5. The maximum Gasteiger partial charge on any atom is 0.493 e. The van der Waals surface area contributed by atoms with Gasteiger partial charge in [-0.25, -0.2) is 22.6 Å². The maximum absolute atomic E-state index is 13.9. The third-order valence-corrected chi connectivity index (χ3v) is 8.06. The number of nitrogens with one attached hydrogen (secondary N) is 1. The lowest BCUT2D eigenvalue weighted by atomic mass is 10.3. The van der Waals surface area contributed by atoms with E-state index in [1.54, 1.807) is 30.9 Å². The molecular formula is C24H29F3N6O6S. The molecule has 1 saturated heterocycles. The van der Waals surface area contributed by atoms with Crippen LogP contribution in [0.2, 0.25) is 0 Å². The van der Waals surface area contributed by atoms with Crippen molar-refractivity contribution in [2.24, 2.45) is 7.05 Å². The molecule has 1 unspecified atom stereocenters. The Morgan fingerprint density at radius 1 is 1.12 bits per heavy atom. The molecule has 12 nitrogen and oxygen atoms in total. The summed E-state index contributed by atoms with van der Waals surface area (Å²) in [5.74, 6) is -3.94. The minimum absolute atomic E-state index is 0.0110. The molecule has 4 rings (SSSR count). The first kappa shape index (κ1) is 29.4. The van der Waals surface area contributed by atoms with Crippen LogP contribution >= 0.6 is 0 Å². The summed E-state index contributed by atoms with van der Waals surface area (Å²) >= 11 is 0. The first-order valence-corrected chi connectivity index (χ1v) is 13.9. The number of fused-ring (bicyclic) bond motifs is 1. The molecule has 1 aromatic carbocycles. The summed E-state index contributed by atoms with van der Waals surface area (Å²) in [7, 11) is -3.00. The molecule has 1 N–H and O–H groups in total. The monoisotopic (exact) mass is 586 g/mol. The van der Waals surface area contributed by atoms with Gasteiger partial charge in [0.05, 0.1) is 4.90 Å². The minimum atomic E-state index is -5.36. The van der Waals surface area contributed by atoms with Crippen molar-refractivity contribution >= 4 is 27.3 Å². The van der Waals surface area contributed by atoms with Crippen LogP contribution in [0, 0.1) is 0 Å². The molecule has 2 aromatic rings. The number of hydrogen-bond donors (Lipinski definition) is 1. The standard InChI is InChI=1S/C24H29F3N6O6S/c1-16(2)9-12-31-18-19(33(39-21(35)24(25,26)27)22(31)30-13-10-28-11-14-30)29(3)23(36)32(20(18)34)15-40(37,38)17-7-5-4-6-8-17/h4-9,22,28H,10-15H2,1-3H3. The highest BCUT2D eigenvalue weighted by Gasteiger charge is 2.50. The molecule has 1 atom stereocenters. The van der Waals surface area contributed by atoms with E-state index in [1.807, 2.05) is 0 Å². The average molecular weight is 587 g/mol. The van der Waals surface area contributed by atoms with Crippen molar-refractivity contribution in [1.29, 1.82) is 0 Å². The maximum atomic E-state index is 13.9. The zero-order valence-corrected chi connectivity index (χ0v) is 22.8. The van der Waals surface area contributed by atoms with Gasteiger partial charge in [0.2, 0.25) is 0 Å². The van der Waals surface area contributed by atoms with Gasteiger partial charge in [0.25, 0.3) is 5.56 Å². The van der Waals surface area contributed by atoms with Crippen molar-refractivity contribution in [3.05, 3.63) is 62.8 Å². The molecule has 0 radical (unpaired) electrons. The SMILES string of the molecule is CC(C)=CCN1c2c(n(C)c(=O)n(CS(=O)(=O)c3ccccc3)c2=O)N(OC(=O)C(F)(F)F)C1N1CCNCC1. The van der Waals surface area contributed by atoms with Crippen molar-refractivity contribution < 1.29 is 31.2 Å². The lowest BCUT2D eigenvalue weighted by molar-refractivity contribution is -0.203. The van der Waals surface area contributed by atoms with E-state index in [-0.39, 0.29) is 17.1 Å². The van der Waals surface area contributed by atoms with Crippen LogP contribution in [0.15, 0.2) is 56.5 Å². The lowest BCUT2D eigenvalue weighted by Gasteiger charge is -2.40. The Labute approximate surface area is 227 Å². The van der Waals surface area contributed by atoms with Crippen LogP contribution in [0.3, 0.4) is 0 Å². The number of nitrogens with zero attached hydrogens (tertiary/aromatic N) is 5. The molecule has 0 saturated carbocycles. The van der Waals surface area contributed by atoms with Gasteiger partial charge in [0.15, 0.2) is 27.6 Å². The van der Waals surface area contributed by atoms with Gasteiger partial charge in [-0.15, -0.1) is 5.06 Å². The van der Waals surface area contributed by atoms with E-state index in [2.05, 4.69) is 5.32 Å². The van der Waals surface area contributed by atoms with E-state index in [0.717, 1.165) is 10.1 Å². The normalized spacial score (nSPS) is 18.0. The predicted molar refractivity (Wildman–Crippen MR) is 139 cm³/mol. The third-order valence-electron chi connectivity index (χ3n) is 6.47. The molecule has 0 amide bonds. The molecular weight excluding hydrogens is 557 g/mol. The molecule has 0 aliphatic carbocycles. The van der Waals surface area contributed by atoms with Gasteiger partial charge in [0, 0.05) is 39.8 Å². The number of hydroxylamine groups is 1. The number of halogens is 3. The van der Waals surface area contributed by atoms with Crippen molar-refractivity contribution in [2.45, 2.75) is 37.1 Å². The van der Waals surface area contributed by atoms with Gasteiger partial charge in [-0.2, -0.15) is 13.2 Å². The van der Waals surface area contributed by atoms with E-state index in [1.165, 1.54) is 36.2 Å². The number of piperazine rings is 1. The summed E-state index contributed by atoms with van der Waals surface area (Å²) in [6.45, 7) is 5.10. The van der Waals surface area contributed by atoms with Crippen molar-refractivity contribution in [2.75, 3.05) is 42.7 Å². The van der Waals surface area contributed by atoms with E-state index in [4.69, 9.17) is 4.84 Å². The largest absolute Gasteiger partial charge is 0.493 e. The van der Waals surface area contributed by atoms with Gasteiger partial charge in [-0.05, 0) is 26.0 Å². The van der Waals surface area contributed by atoms with Crippen LogP contribution < -0.4 is 26.5 Å². The predicted octanol–water partition coefficient (Wildman–Crippen LogP) is 0.780. The summed E-state index contributed by atoms with van der Waals surface area (Å²) in [4.78, 5) is 47.1. The number of carbonyl (C=O) groups excluding carboxylic acids is 1. The fourth-order valence-corrected chi connectivity index (χ4v) is 5.83. The lowest BCUT2D eigenvalue weighted by Crippen LogP contribution is -2.61. The van der Waals surface area contributed by atoms with Crippen molar-refractivity contribution in [1.82, 2.24) is 19.4 Å². The number of anilines is 2. The smallest absolute Gasteiger partial charge is 0.327 e. The number of alkyl halides is 3. The summed E-state index contributed by atoms with van der Waals surface area (Å²) in [6, 6.07) is 7.22. The molecule has 2 aliphatic heterocycles. The second-order valence-electron chi connectivity index (χ2n) is 9.57. The summed E-state index contributed by atoms with van der Waals surface area (Å²) in [5, 5.41) is 3.74. The second kappa shape index (κ2) is 11.1. The molecule has 0 bridgehead atoms. The average Bonchev–Trinajstić information content (AvgIpc) is 3.23. The van der Waals surface area contributed by atoms with E-state index < -0.39 is 51.2 Å². The highest BCUT2D eigenvalue weighted by Crippen LogP contribution is 2.38. The van der Waals surface area contributed by atoms with Crippen LogP contribution in [0.25, 0.3) is 0 Å². The van der Waals surface area contributed by atoms with Crippen LogP contribution in [0.1, 0.15) is 13.8 Å². The molecule has 2 aliphatic rings. The Hall–Kier alpha value is -3.63. The highest BCUT2D eigenvalue weighted by molar-refractivity contribution is 7.90. The quantitative estimate of drug-likeness (QED) is 0.466. The first-order valence-electron chi connectivity index (χ1n) is 12.3. The molecule has 1 fully saturated rings. The number of carbonyl (C=O) groups is 1. The number of hydrogen-bond acceptors (Lipinski definition) is 10. The van der Waals surface area contributed by atoms with Gasteiger partial charge in [0.1, 0.15) is 5.88 Å². The molecule has 218 valence electrons. The van der Waals surface area contributed by atoms with Gasteiger partial charge < -0.3 is 15.1 Å². The zero-order valence-electron chi connectivity index (χ0n) is 22.0. The Kier molecular flexibility index (Phi) is 8.14. The number of benzene rings is 1.